The lowest BCUT2D eigenvalue weighted by molar-refractivity contribution is -0.142. The lowest BCUT2D eigenvalue weighted by Crippen LogP contribution is -2.35. The van der Waals surface area contributed by atoms with Gasteiger partial charge in [0.25, 0.3) is 0 Å². The van der Waals surface area contributed by atoms with E-state index in [0.29, 0.717) is 13.0 Å². The number of rotatable bonds is 5. The topological polar surface area (TPSA) is 62.1 Å². The third-order valence-corrected chi connectivity index (χ3v) is 1.47. The quantitative estimate of drug-likeness (QED) is 0.480. The lowest BCUT2D eigenvalue weighted by Gasteiger charge is -2.09. The summed E-state index contributed by atoms with van der Waals surface area (Å²) in [6, 6.07) is 1.74. The van der Waals surface area contributed by atoms with Crippen molar-refractivity contribution in [3.8, 4) is 6.07 Å². The van der Waals surface area contributed by atoms with Crippen LogP contribution in [0.5, 0.6) is 0 Å². The number of hydrogen-bond acceptors (Lipinski definition) is 4. The van der Waals surface area contributed by atoms with Gasteiger partial charge in [-0.3, -0.25) is 4.79 Å². The molecule has 0 radical (unpaired) electrons. The highest BCUT2D eigenvalue weighted by molar-refractivity contribution is 5.74. The largest absolute Gasteiger partial charge is 0.468 e. The minimum atomic E-state index is -0.284. The van der Waals surface area contributed by atoms with Crippen molar-refractivity contribution in [2.24, 2.45) is 0 Å². The van der Waals surface area contributed by atoms with Crippen LogP contribution in [0.2, 0.25) is 0 Å². The zero-order valence-corrected chi connectivity index (χ0v) is 7.46. The van der Waals surface area contributed by atoms with Crippen molar-refractivity contribution in [3.05, 3.63) is 0 Å². The van der Waals surface area contributed by atoms with E-state index in [1.165, 1.54) is 7.11 Å². The zero-order valence-electron chi connectivity index (χ0n) is 7.46. The minimum absolute atomic E-state index is 0.271. The number of nitrogens with zero attached hydrogens (tertiary/aromatic N) is 1. The first-order valence-electron chi connectivity index (χ1n) is 3.90. The Morgan fingerprint density at radius 3 is 2.92 bits per heavy atom. The SMILES string of the molecule is COC(=O)C(C)NCCCC#N. The molecule has 4 heteroatoms. The van der Waals surface area contributed by atoms with Crippen LogP contribution < -0.4 is 5.32 Å². The normalized spacial score (nSPS) is 11.8. The molecule has 4 nitrogen and oxygen atoms in total. The molecule has 12 heavy (non-hydrogen) atoms. The second-order valence-corrected chi connectivity index (χ2v) is 2.46. The van der Waals surface area contributed by atoms with Crippen molar-refractivity contribution in [2.45, 2.75) is 25.8 Å². The summed E-state index contributed by atoms with van der Waals surface area (Å²) in [4.78, 5) is 10.8. The number of unbranched alkanes of at least 4 members (excludes halogenated alkanes) is 1. The van der Waals surface area contributed by atoms with E-state index >= 15 is 0 Å². The first-order valence-corrected chi connectivity index (χ1v) is 3.90. The Labute approximate surface area is 72.5 Å². The van der Waals surface area contributed by atoms with E-state index in [1.807, 2.05) is 6.07 Å². The van der Waals surface area contributed by atoms with Crippen LogP contribution in [0.3, 0.4) is 0 Å². The van der Waals surface area contributed by atoms with Crippen LogP contribution in [0.4, 0.5) is 0 Å². The molecule has 0 amide bonds. The summed E-state index contributed by atoms with van der Waals surface area (Å²) in [7, 11) is 1.36. The highest BCUT2D eigenvalue weighted by atomic mass is 16.5. The van der Waals surface area contributed by atoms with Gasteiger partial charge >= 0.3 is 5.97 Å². The van der Waals surface area contributed by atoms with Gasteiger partial charge in [-0.2, -0.15) is 5.26 Å². The summed E-state index contributed by atoms with van der Waals surface area (Å²) >= 11 is 0. The summed E-state index contributed by atoms with van der Waals surface area (Å²) in [6.45, 7) is 2.40. The average Bonchev–Trinajstić information content (AvgIpc) is 2.10. The smallest absolute Gasteiger partial charge is 0.322 e. The predicted octanol–water partition coefficient (Wildman–Crippen LogP) is 0.441. The Bertz CT molecular complexity index is 174. The Balaban J connectivity index is 3.38. The van der Waals surface area contributed by atoms with Gasteiger partial charge in [-0.15, -0.1) is 0 Å². The molecule has 0 saturated carbocycles. The van der Waals surface area contributed by atoms with Crippen LogP contribution in [0.15, 0.2) is 0 Å². The predicted molar refractivity (Wildman–Crippen MR) is 44.3 cm³/mol. The second kappa shape index (κ2) is 6.62. The van der Waals surface area contributed by atoms with Gasteiger partial charge in [-0.1, -0.05) is 0 Å². The summed E-state index contributed by atoms with van der Waals surface area (Å²) in [5.74, 6) is -0.271. The van der Waals surface area contributed by atoms with Gasteiger partial charge in [0.05, 0.1) is 13.2 Å². The fourth-order valence-electron chi connectivity index (χ4n) is 0.746. The van der Waals surface area contributed by atoms with Gasteiger partial charge in [0.2, 0.25) is 0 Å². The zero-order chi connectivity index (χ0) is 9.40. The van der Waals surface area contributed by atoms with Crippen LogP contribution in [0.25, 0.3) is 0 Å². The molecule has 1 N–H and O–H groups in total. The Kier molecular flexibility index (Phi) is 6.02. The molecule has 0 aliphatic heterocycles. The van der Waals surface area contributed by atoms with Crippen molar-refractivity contribution in [3.63, 3.8) is 0 Å². The molecule has 0 aliphatic rings. The molecule has 1 unspecified atom stereocenters. The van der Waals surface area contributed by atoms with Gasteiger partial charge in [-0.05, 0) is 19.9 Å². The van der Waals surface area contributed by atoms with E-state index in [2.05, 4.69) is 10.1 Å². The molecule has 1 atom stereocenters. The number of ether oxygens (including phenoxy) is 1. The minimum Gasteiger partial charge on any atom is -0.468 e. The van der Waals surface area contributed by atoms with Gasteiger partial charge in [0.15, 0.2) is 0 Å². The number of carbonyl (C=O) groups is 1. The molecular formula is C8H14N2O2. The molecule has 0 heterocycles. The number of nitrogens with one attached hydrogen (secondary N) is 1. The van der Waals surface area contributed by atoms with Crippen LogP contribution in [0, 0.1) is 11.3 Å². The summed E-state index contributed by atoms with van der Waals surface area (Å²) in [5, 5.41) is 11.2. The standard InChI is InChI=1S/C8H14N2O2/c1-7(8(11)12-2)10-6-4-3-5-9/h7,10H,3-4,6H2,1-2H3. The average molecular weight is 170 g/mol. The van der Waals surface area contributed by atoms with Crippen LogP contribution in [-0.2, 0) is 9.53 Å². The van der Waals surface area contributed by atoms with E-state index < -0.39 is 0 Å². The molecule has 0 aromatic heterocycles. The van der Waals surface area contributed by atoms with E-state index in [4.69, 9.17) is 5.26 Å². The van der Waals surface area contributed by atoms with E-state index in [-0.39, 0.29) is 12.0 Å². The highest BCUT2D eigenvalue weighted by Gasteiger charge is 2.10. The van der Waals surface area contributed by atoms with Crippen molar-refractivity contribution >= 4 is 5.97 Å². The Hall–Kier alpha value is -1.08. The Morgan fingerprint density at radius 2 is 2.42 bits per heavy atom. The monoisotopic (exact) mass is 170 g/mol. The van der Waals surface area contributed by atoms with Gasteiger partial charge in [0.1, 0.15) is 6.04 Å². The molecule has 68 valence electrons. The number of hydrogen-bond donors (Lipinski definition) is 1. The van der Waals surface area contributed by atoms with Gasteiger partial charge in [0, 0.05) is 6.42 Å². The first-order chi connectivity index (χ1) is 5.72. The van der Waals surface area contributed by atoms with Crippen LogP contribution >= 0.6 is 0 Å². The molecule has 0 aliphatic carbocycles. The fourth-order valence-corrected chi connectivity index (χ4v) is 0.746. The third kappa shape index (κ3) is 4.69. The highest BCUT2D eigenvalue weighted by Crippen LogP contribution is 1.88. The van der Waals surface area contributed by atoms with Crippen LogP contribution in [0.1, 0.15) is 19.8 Å². The summed E-state index contributed by atoms with van der Waals surface area (Å²) in [5.41, 5.74) is 0. The van der Waals surface area contributed by atoms with Crippen molar-refractivity contribution < 1.29 is 9.53 Å². The maximum atomic E-state index is 10.8. The first kappa shape index (κ1) is 10.9. The molecule has 0 aromatic rings. The molecule has 0 bridgehead atoms. The van der Waals surface area contributed by atoms with E-state index in [1.54, 1.807) is 6.92 Å². The summed E-state index contributed by atoms with van der Waals surface area (Å²) < 4.78 is 4.50. The number of carbonyl (C=O) groups excluding carboxylic acids is 1. The number of nitriles is 1. The second-order valence-electron chi connectivity index (χ2n) is 2.46. The molecule has 0 saturated heterocycles. The number of esters is 1. The maximum Gasteiger partial charge on any atom is 0.322 e. The molecule has 0 spiro atoms. The van der Waals surface area contributed by atoms with Crippen molar-refractivity contribution in [2.75, 3.05) is 13.7 Å². The molecule has 0 aromatic carbocycles. The van der Waals surface area contributed by atoms with E-state index in [0.717, 1.165) is 6.42 Å². The van der Waals surface area contributed by atoms with E-state index in [9.17, 15) is 4.79 Å². The van der Waals surface area contributed by atoms with Gasteiger partial charge in [-0.25, -0.2) is 0 Å². The fraction of sp³-hybridized carbons (Fsp3) is 0.750. The lowest BCUT2D eigenvalue weighted by atomic mass is 10.3. The molecular weight excluding hydrogens is 156 g/mol. The Morgan fingerprint density at radius 1 is 1.75 bits per heavy atom. The van der Waals surface area contributed by atoms with Crippen molar-refractivity contribution in [1.29, 1.82) is 5.26 Å². The van der Waals surface area contributed by atoms with Crippen LogP contribution in [-0.4, -0.2) is 25.7 Å². The molecule has 0 rings (SSSR count). The van der Waals surface area contributed by atoms with Gasteiger partial charge < -0.3 is 10.1 Å². The third-order valence-electron chi connectivity index (χ3n) is 1.47. The molecule has 0 fully saturated rings. The van der Waals surface area contributed by atoms with Crippen molar-refractivity contribution in [1.82, 2.24) is 5.32 Å². The maximum absolute atomic E-state index is 10.8. The summed E-state index contributed by atoms with van der Waals surface area (Å²) in [6.07, 6.45) is 1.28. The number of methoxy groups -OCH3 is 1.